The first-order valence-corrected chi connectivity index (χ1v) is 11.5. The molecule has 0 fully saturated rings. The molecule has 0 atom stereocenters. The van der Waals surface area contributed by atoms with Gasteiger partial charge in [0.2, 0.25) is 5.95 Å². The van der Waals surface area contributed by atoms with Gasteiger partial charge in [0.1, 0.15) is 5.75 Å². The zero-order valence-corrected chi connectivity index (χ0v) is 17.6. The number of pyridine rings is 1. The summed E-state index contributed by atoms with van der Waals surface area (Å²) in [6.07, 6.45) is 2.89. The molecule has 1 aromatic carbocycles. The van der Waals surface area contributed by atoms with Crippen LogP contribution in [0.25, 0.3) is 17.0 Å². The molecule has 0 saturated heterocycles. The number of fused-ring (bicyclic) bond motifs is 1. The zero-order chi connectivity index (χ0) is 19.1. The second-order valence-electron chi connectivity index (χ2n) is 6.00. The molecule has 3 aromatic rings. The van der Waals surface area contributed by atoms with Crippen molar-refractivity contribution in [3.63, 3.8) is 0 Å². The predicted octanol–water partition coefficient (Wildman–Crippen LogP) is 4.09. The third-order valence-electron chi connectivity index (χ3n) is 4.15. The Morgan fingerprint density at radius 1 is 1.15 bits per heavy atom. The van der Waals surface area contributed by atoms with Crippen LogP contribution < -0.4 is 14.3 Å². The summed E-state index contributed by atoms with van der Waals surface area (Å²) in [5.41, 5.74) is 4.13. The molecule has 3 rings (SSSR count). The van der Waals surface area contributed by atoms with Crippen LogP contribution >= 0.6 is 21.6 Å². The smallest absolute Gasteiger partial charge is 0.235 e. The lowest BCUT2D eigenvalue weighted by Gasteiger charge is -2.17. The van der Waals surface area contributed by atoms with Crippen molar-refractivity contribution >= 4 is 32.6 Å². The first-order chi connectivity index (χ1) is 13.2. The Morgan fingerprint density at radius 2 is 2.00 bits per heavy atom. The van der Waals surface area contributed by atoms with Gasteiger partial charge in [0, 0.05) is 49.1 Å². The summed E-state index contributed by atoms with van der Waals surface area (Å²) in [7, 11) is 5.41. The molecular formula is C20H25N3O2S2. The van der Waals surface area contributed by atoms with Crippen LogP contribution in [-0.2, 0) is 10.5 Å². The second-order valence-corrected chi connectivity index (χ2v) is 8.75. The first kappa shape index (κ1) is 20.0. The molecule has 2 heterocycles. The van der Waals surface area contributed by atoms with Crippen LogP contribution in [0.5, 0.6) is 5.75 Å². The molecule has 2 aromatic heterocycles. The molecule has 0 bridgehead atoms. The van der Waals surface area contributed by atoms with Gasteiger partial charge in [-0.25, -0.2) is 9.97 Å². The van der Waals surface area contributed by atoms with Crippen molar-refractivity contribution in [2.45, 2.75) is 26.0 Å². The third-order valence-corrected chi connectivity index (χ3v) is 6.51. The van der Waals surface area contributed by atoms with Crippen LogP contribution in [-0.4, -0.2) is 31.1 Å². The van der Waals surface area contributed by atoms with Crippen molar-refractivity contribution < 1.29 is 14.0 Å². The Morgan fingerprint density at radius 3 is 2.78 bits per heavy atom. The molecule has 0 aliphatic carbocycles. The van der Waals surface area contributed by atoms with E-state index in [1.807, 2.05) is 58.1 Å². The zero-order valence-electron chi connectivity index (χ0n) is 16.0. The van der Waals surface area contributed by atoms with Crippen molar-refractivity contribution in [1.82, 2.24) is 9.97 Å². The number of benzene rings is 1. The van der Waals surface area contributed by atoms with Gasteiger partial charge in [0.05, 0.1) is 17.6 Å². The fourth-order valence-corrected chi connectivity index (χ4v) is 4.57. The molecular weight excluding hydrogens is 378 g/mol. The number of ether oxygens (including phenoxy) is 2. The Labute approximate surface area is 168 Å². The van der Waals surface area contributed by atoms with E-state index in [2.05, 4.69) is 18.4 Å². The molecule has 27 heavy (non-hydrogen) atoms. The van der Waals surface area contributed by atoms with E-state index in [-0.39, 0.29) is 0 Å². The summed E-state index contributed by atoms with van der Waals surface area (Å²) in [4.78, 5) is 9.42. The highest BCUT2D eigenvalue weighted by molar-refractivity contribution is 8.76. The van der Waals surface area contributed by atoms with Crippen LogP contribution in [0, 0.1) is 6.92 Å². The average molecular weight is 404 g/mol. The standard InChI is InChI=1S/C20H25N3O2S2/c1-4-26-27-14-18-15(2)19(25-13-7-12-24-3)10-11-23(18)20-21-16-8-5-6-9-17(16)22-20/h5-6,8-11H,4,7,12-14H2,1-3H3. The summed E-state index contributed by atoms with van der Waals surface area (Å²) < 4.78 is 13.2. The quantitative estimate of drug-likeness (QED) is 0.289. The average Bonchev–Trinajstić information content (AvgIpc) is 3.11. The number of methoxy groups -OCH3 is 1. The summed E-state index contributed by atoms with van der Waals surface area (Å²) in [5.74, 6) is 3.57. The van der Waals surface area contributed by atoms with Crippen LogP contribution in [0.1, 0.15) is 24.6 Å². The minimum atomic E-state index is 0.645. The Bertz CT molecular complexity index is 850. The minimum absolute atomic E-state index is 0.645. The maximum absolute atomic E-state index is 5.99. The Balaban J connectivity index is 1.92. The molecule has 0 unspecified atom stereocenters. The van der Waals surface area contributed by atoms with Crippen molar-refractivity contribution in [2.75, 3.05) is 26.1 Å². The Kier molecular flexibility index (Phi) is 7.43. The highest BCUT2D eigenvalue weighted by Gasteiger charge is 2.15. The van der Waals surface area contributed by atoms with Gasteiger partial charge in [-0.15, -0.1) is 0 Å². The lowest BCUT2D eigenvalue weighted by atomic mass is 10.2. The van der Waals surface area contributed by atoms with Gasteiger partial charge in [-0.3, -0.25) is 4.57 Å². The van der Waals surface area contributed by atoms with Crippen molar-refractivity contribution in [2.24, 2.45) is 0 Å². The van der Waals surface area contributed by atoms with E-state index in [0.717, 1.165) is 40.3 Å². The number of hydrogen-bond donors (Lipinski definition) is 0. The normalized spacial score (nSPS) is 11.2. The summed E-state index contributed by atoms with van der Waals surface area (Å²) in [6, 6.07) is 9.97. The minimum Gasteiger partial charge on any atom is -0.493 e. The number of imidazole rings is 1. The van der Waals surface area contributed by atoms with Gasteiger partial charge in [-0.1, -0.05) is 40.6 Å². The fourth-order valence-electron chi connectivity index (χ4n) is 2.77. The van der Waals surface area contributed by atoms with Crippen LogP contribution in [0.3, 0.4) is 0 Å². The van der Waals surface area contributed by atoms with E-state index in [0.29, 0.717) is 19.2 Å². The van der Waals surface area contributed by atoms with Crippen molar-refractivity contribution in [3.8, 4) is 11.7 Å². The summed E-state index contributed by atoms with van der Waals surface area (Å²) in [5, 5.41) is 0. The maximum Gasteiger partial charge on any atom is 0.235 e. The third kappa shape index (κ3) is 4.97. The predicted molar refractivity (Wildman–Crippen MR) is 113 cm³/mol. The van der Waals surface area contributed by atoms with E-state index in [1.165, 1.54) is 5.69 Å². The van der Waals surface area contributed by atoms with E-state index < -0.39 is 0 Å². The molecule has 144 valence electrons. The van der Waals surface area contributed by atoms with E-state index >= 15 is 0 Å². The van der Waals surface area contributed by atoms with Crippen LogP contribution in [0.2, 0.25) is 0 Å². The highest BCUT2D eigenvalue weighted by atomic mass is 33.1. The molecule has 0 radical (unpaired) electrons. The molecule has 0 spiro atoms. The molecule has 0 N–H and O–H groups in total. The molecule has 0 saturated carbocycles. The topological polar surface area (TPSA) is 49.3 Å². The van der Waals surface area contributed by atoms with Gasteiger partial charge in [0.15, 0.2) is 0 Å². The number of para-hydroxylation sites is 2. The van der Waals surface area contributed by atoms with Gasteiger partial charge < -0.3 is 9.47 Å². The van der Waals surface area contributed by atoms with E-state index in [1.54, 1.807) is 7.11 Å². The maximum atomic E-state index is 5.99. The summed E-state index contributed by atoms with van der Waals surface area (Å²) in [6.45, 7) is 5.62. The van der Waals surface area contributed by atoms with Gasteiger partial charge in [-0.05, 0) is 25.1 Å². The molecule has 0 aliphatic heterocycles. The lowest BCUT2D eigenvalue weighted by molar-refractivity contribution is -0.611. The van der Waals surface area contributed by atoms with Crippen molar-refractivity contribution in [1.29, 1.82) is 0 Å². The van der Waals surface area contributed by atoms with Crippen LogP contribution in [0.4, 0.5) is 0 Å². The first-order valence-electron chi connectivity index (χ1n) is 9.04. The van der Waals surface area contributed by atoms with Gasteiger partial charge in [0.25, 0.3) is 0 Å². The number of rotatable bonds is 10. The summed E-state index contributed by atoms with van der Waals surface area (Å²) >= 11 is 0. The second kappa shape index (κ2) is 10.0. The molecule has 0 aliphatic rings. The molecule has 7 heteroatoms. The van der Waals surface area contributed by atoms with E-state index in [9.17, 15) is 0 Å². The molecule has 5 nitrogen and oxygen atoms in total. The van der Waals surface area contributed by atoms with Gasteiger partial charge in [-0.2, -0.15) is 0 Å². The molecule has 0 amide bonds. The Hall–Kier alpha value is -1.70. The van der Waals surface area contributed by atoms with Crippen molar-refractivity contribution in [3.05, 3.63) is 47.8 Å². The van der Waals surface area contributed by atoms with Gasteiger partial charge >= 0.3 is 0 Å². The highest BCUT2D eigenvalue weighted by Crippen LogP contribution is 2.29. The van der Waals surface area contributed by atoms with Crippen LogP contribution in [0.15, 0.2) is 36.5 Å². The SMILES string of the molecule is CCSSCc1c(C)c(OCCCOC)cc[n+]1-c1nc2ccccc2[n-]1. The number of aromatic nitrogens is 3. The lowest BCUT2D eigenvalue weighted by Crippen LogP contribution is -2.38. The fraction of sp³-hybridized carbons (Fsp3) is 0.400. The largest absolute Gasteiger partial charge is 0.493 e. The number of nitrogens with zero attached hydrogens (tertiary/aromatic N) is 3. The number of hydrogen-bond acceptors (Lipinski definition) is 5. The monoisotopic (exact) mass is 403 g/mol. The van der Waals surface area contributed by atoms with E-state index in [4.69, 9.17) is 19.4 Å².